The van der Waals surface area contributed by atoms with Crippen molar-refractivity contribution in [2.24, 2.45) is 5.18 Å². The zero-order valence-corrected chi connectivity index (χ0v) is 6.08. The lowest BCUT2D eigenvalue weighted by molar-refractivity contribution is 0.100. The molecule has 0 N–H and O–H groups in total. The van der Waals surface area contributed by atoms with E-state index in [1.54, 1.807) is 0 Å². The van der Waals surface area contributed by atoms with Gasteiger partial charge in [-0.25, -0.2) is 4.98 Å². The van der Waals surface area contributed by atoms with Gasteiger partial charge in [-0.05, 0) is 12.1 Å². The first-order chi connectivity index (χ1) is 5.25. The van der Waals surface area contributed by atoms with E-state index in [2.05, 4.69) is 10.2 Å². The van der Waals surface area contributed by atoms with Crippen molar-refractivity contribution >= 4 is 17.5 Å². The van der Waals surface area contributed by atoms with Crippen molar-refractivity contribution in [1.29, 1.82) is 0 Å². The molecule has 0 atom stereocenters. The summed E-state index contributed by atoms with van der Waals surface area (Å²) in [6, 6.07) is 2.89. The lowest BCUT2D eigenvalue weighted by Crippen LogP contribution is -1.95. The van der Waals surface area contributed by atoms with Crippen LogP contribution in [-0.2, 0) is 0 Å². The molecule has 1 heterocycles. The van der Waals surface area contributed by atoms with Gasteiger partial charge in [0.2, 0.25) is 0 Å². The van der Waals surface area contributed by atoms with Crippen LogP contribution in [-0.4, -0.2) is 10.9 Å². The number of rotatable bonds is 1. The van der Waals surface area contributed by atoms with Gasteiger partial charge in [0.25, 0.3) is 0 Å². The van der Waals surface area contributed by atoms with Gasteiger partial charge in [-0.2, -0.15) is 0 Å². The smallest absolute Gasteiger partial charge is 0.263 e. The van der Waals surface area contributed by atoms with Gasteiger partial charge in [-0.15, -0.1) is 4.91 Å². The summed E-state index contributed by atoms with van der Waals surface area (Å²) in [5.41, 5.74) is 0.0316. The molecule has 56 valence electrons. The number of hydrogen-bond acceptors (Lipinski definition) is 3. The molecular weight excluding hydrogens is 168 g/mol. The molecule has 11 heavy (non-hydrogen) atoms. The first kappa shape index (κ1) is 7.81. The van der Waals surface area contributed by atoms with E-state index in [1.807, 2.05) is 0 Å². The topological polar surface area (TPSA) is 59.4 Å². The van der Waals surface area contributed by atoms with E-state index in [1.165, 1.54) is 18.3 Å². The molecule has 0 saturated heterocycles. The SMILES string of the molecule is O=NC(=O)c1cccnc1Cl. The molecule has 0 spiro atoms. The maximum atomic E-state index is 10.6. The van der Waals surface area contributed by atoms with Gasteiger partial charge in [0.05, 0.1) is 5.56 Å². The van der Waals surface area contributed by atoms with E-state index >= 15 is 0 Å². The molecule has 1 rings (SSSR count). The summed E-state index contributed by atoms with van der Waals surface area (Å²) in [6.07, 6.45) is 1.42. The minimum absolute atomic E-state index is 0.00269. The monoisotopic (exact) mass is 170 g/mol. The largest absolute Gasteiger partial charge is 0.319 e. The predicted molar refractivity (Wildman–Crippen MR) is 39.4 cm³/mol. The molecule has 4 nitrogen and oxygen atoms in total. The summed E-state index contributed by atoms with van der Waals surface area (Å²) < 4.78 is 0. The molecule has 0 aliphatic heterocycles. The number of carbonyl (C=O) groups is 1. The summed E-state index contributed by atoms with van der Waals surface area (Å²) in [4.78, 5) is 24.0. The molecule has 0 unspecified atom stereocenters. The highest BCUT2D eigenvalue weighted by molar-refractivity contribution is 6.32. The first-order valence-electron chi connectivity index (χ1n) is 2.74. The highest BCUT2D eigenvalue weighted by Gasteiger charge is 2.09. The van der Waals surface area contributed by atoms with Crippen molar-refractivity contribution in [3.8, 4) is 0 Å². The fourth-order valence-electron chi connectivity index (χ4n) is 0.595. The van der Waals surface area contributed by atoms with Gasteiger partial charge >= 0.3 is 5.91 Å². The molecule has 0 bridgehead atoms. The van der Waals surface area contributed by atoms with Crippen LogP contribution >= 0.6 is 11.6 Å². The van der Waals surface area contributed by atoms with Crippen molar-refractivity contribution in [1.82, 2.24) is 4.98 Å². The number of nitroso groups, excluding NO2 is 1. The van der Waals surface area contributed by atoms with E-state index in [0.717, 1.165) is 0 Å². The number of nitrogens with zero attached hydrogens (tertiary/aromatic N) is 2. The van der Waals surface area contributed by atoms with Crippen LogP contribution in [0.2, 0.25) is 5.15 Å². The molecule has 0 radical (unpaired) electrons. The second kappa shape index (κ2) is 3.21. The Morgan fingerprint density at radius 2 is 2.36 bits per heavy atom. The molecule has 1 amide bonds. The molecule has 5 heteroatoms. The average Bonchev–Trinajstić information content (AvgIpc) is 2.04. The maximum Gasteiger partial charge on any atom is 0.319 e. The lowest BCUT2D eigenvalue weighted by Gasteiger charge is -1.92. The molecular formula is C6H3ClN2O2. The van der Waals surface area contributed by atoms with Gasteiger partial charge < -0.3 is 0 Å². The van der Waals surface area contributed by atoms with Gasteiger partial charge in [0.1, 0.15) is 5.15 Å². The van der Waals surface area contributed by atoms with Crippen LogP contribution in [0.1, 0.15) is 10.4 Å². The third-order valence-corrected chi connectivity index (χ3v) is 1.37. The number of carbonyl (C=O) groups excluding carboxylic acids is 1. The Morgan fingerprint density at radius 1 is 1.64 bits per heavy atom. The Kier molecular flexibility index (Phi) is 2.28. The summed E-state index contributed by atoms with van der Waals surface area (Å²) >= 11 is 5.47. The zero-order chi connectivity index (χ0) is 8.27. The van der Waals surface area contributed by atoms with E-state index < -0.39 is 5.91 Å². The van der Waals surface area contributed by atoms with Gasteiger partial charge in [0.15, 0.2) is 0 Å². The Hall–Kier alpha value is -1.29. The second-order valence-electron chi connectivity index (χ2n) is 1.74. The number of amides is 1. The van der Waals surface area contributed by atoms with Crippen molar-refractivity contribution in [2.75, 3.05) is 0 Å². The average molecular weight is 171 g/mol. The molecule has 0 saturated carbocycles. The molecule has 1 aromatic rings. The van der Waals surface area contributed by atoms with Crippen LogP contribution in [0.4, 0.5) is 0 Å². The fourth-order valence-corrected chi connectivity index (χ4v) is 0.795. The van der Waals surface area contributed by atoms with Crippen molar-refractivity contribution in [2.45, 2.75) is 0 Å². The summed E-state index contributed by atoms with van der Waals surface area (Å²) in [5, 5.41) is 2.20. The highest BCUT2D eigenvalue weighted by atomic mass is 35.5. The second-order valence-corrected chi connectivity index (χ2v) is 2.10. The Balaban J connectivity index is 3.13. The third kappa shape index (κ3) is 1.59. The Bertz CT molecular complexity index is 300. The summed E-state index contributed by atoms with van der Waals surface area (Å²) in [7, 11) is 0. The van der Waals surface area contributed by atoms with Gasteiger partial charge in [-0.3, -0.25) is 4.79 Å². The standard InChI is InChI=1S/C6H3ClN2O2/c7-5-4(6(10)9-11)2-1-3-8-5/h1-3H. The summed E-state index contributed by atoms with van der Waals surface area (Å²) in [6.45, 7) is 0. The van der Waals surface area contributed by atoms with Crippen LogP contribution in [0, 0.1) is 4.91 Å². The minimum atomic E-state index is -0.900. The fraction of sp³-hybridized carbons (Fsp3) is 0. The van der Waals surface area contributed by atoms with Crippen molar-refractivity contribution in [3.05, 3.63) is 34.0 Å². The molecule has 0 aliphatic carbocycles. The quantitative estimate of drug-likeness (QED) is 0.476. The minimum Gasteiger partial charge on any atom is -0.263 e. The third-order valence-electron chi connectivity index (χ3n) is 1.07. The number of aromatic nitrogens is 1. The van der Waals surface area contributed by atoms with E-state index in [-0.39, 0.29) is 10.7 Å². The number of hydrogen-bond donors (Lipinski definition) is 0. The van der Waals surface area contributed by atoms with Gasteiger partial charge in [0, 0.05) is 11.4 Å². The van der Waals surface area contributed by atoms with Crippen LogP contribution in [0.5, 0.6) is 0 Å². The van der Waals surface area contributed by atoms with Crippen molar-refractivity contribution < 1.29 is 4.79 Å². The van der Waals surface area contributed by atoms with E-state index in [4.69, 9.17) is 11.6 Å². The Morgan fingerprint density at radius 3 is 2.91 bits per heavy atom. The molecule has 0 aromatic carbocycles. The van der Waals surface area contributed by atoms with Gasteiger partial charge in [-0.1, -0.05) is 11.6 Å². The van der Waals surface area contributed by atoms with Crippen LogP contribution in [0.15, 0.2) is 23.5 Å². The maximum absolute atomic E-state index is 10.6. The van der Waals surface area contributed by atoms with Crippen molar-refractivity contribution in [3.63, 3.8) is 0 Å². The van der Waals surface area contributed by atoms with E-state index in [0.29, 0.717) is 0 Å². The van der Waals surface area contributed by atoms with E-state index in [9.17, 15) is 9.70 Å². The molecule has 1 aromatic heterocycles. The normalized spacial score (nSPS) is 9.18. The molecule has 0 fully saturated rings. The predicted octanol–water partition coefficient (Wildman–Crippen LogP) is 1.64. The summed E-state index contributed by atoms with van der Waals surface area (Å²) in [5.74, 6) is -0.900. The van der Waals surface area contributed by atoms with Crippen LogP contribution < -0.4 is 0 Å². The zero-order valence-electron chi connectivity index (χ0n) is 5.32. The van der Waals surface area contributed by atoms with Crippen LogP contribution in [0.25, 0.3) is 0 Å². The lowest BCUT2D eigenvalue weighted by atomic mass is 10.3. The Labute approximate surface area is 67.2 Å². The highest BCUT2D eigenvalue weighted by Crippen LogP contribution is 2.11. The van der Waals surface area contributed by atoms with Crippen LogP contribution in [0.3, 0.4) is 0 Å². The molecule has 0 aliphatic rings. The first-order valence-corrected chi connectivity index (χ1v) is 3.11. The number of pyridine rings is 1. The number of halogens is 1.